The van der Waals surface area contributed by atoms with Crippen LogP contribution in [0.15, 0.2) is 66.7 Å². The van der Waals surface area contributed by atoms with Gasteiger partial charge in [-0.1, -0.05) is 66.2 Å². The molecule has 0 spiro atoms. The third-order valence-corrected chi connectivity index (χ3v) is 6.48. The highest BCUT2D eigenvalue weighted by Crippen LogP contribution is 2.24. The molecule has 0 aliphatic carbocycles. The summed E-state index contributed by atoms with van der Waals surface area (Å²) in [6.07, 6.45) is 0.373. The van der Waals surface area contributed by atoms with Gasteiger partial charge >= 0.3 is 0 Å². The van der Waals surface area contributed by atoms with E-state index in [0.717, 1.165) is 27.8 Å². The van der Waals surface area contributed by atoms with Crippen LogP contribution in [0, 0.1) is 20.8 Å². The summed E-state index contributed by atoms with van der Waals surface area (Å²) in [5.74, 6) is 0.176. The van der Waals surface area contributed by atoms with Crippen LogP contribution >= 0.6 is 11.6 Å². The van der Waals surface area contributed by atoms with Crippen molar-refractivity contribution in [3.8, 4) is 5.75 Å². The molecule has 0 fully saturated rings. The largest absolute Gasteiger partial charge is 0.483 e. The maximum Gasteiger partial charge on any atom is 0.261 e. The summed E-state index contributed by atoms with van der Waals surface area (Å²) in [6.45, 7) is 9.81. The zero-order chi connectivity index (χ0) is 26.2. The number of hydrogen-bond acceptors (Lipinski definition) is 3. The minimum absolute atomic E-state index is 0.0674. The Balaban J connectivity index is 1.95. The molecule has 0 aliphatic rings. The van der Waals surface area contributed by atoms with E-state index < -0.39 is 6.04 Å². The normalized spacial score (nSPS) is 11.8. The molecular formula is C30H35ClN2O3. The molecule has 0 radical (unpaired) electrons. The third kappa shape index (κ3) is 7.34. The molecule has 3 aromatic rings. The van der Waals surface area contributed by atoms with Gasteiger partial charge in [0.2, 0.25) is 5.91 Å². The van der Waals surface area contributed by atoms with Crippen LogP contribution in [0.5, 0.6) is 5.75 Å². The first-order valence-electron chi connectivity index (χ1n) is 12.2. The van der Waals surface area contributed by atoms with Crippen LogP contribution in [-0.4, -0.2) is 35.4 Å². The van der Waals surface area contributed by atoms with Gasteiger partial charge in [-0.2, -0.15) is 0 Å². The standard InChI is InChI=1S/C30H35ClN2O3/c1-20(2)32-30(35)27(17-24-11-7-6-8-12-24)33(18-25-13-9-10-14-26(25)31)29(34)19-36-28-16-21(3)15-22(4)23(28)5/h6-16,20,27H,17-19H2,1-5H3,(H,32,35)/t27-/m1/s1. The van der Waals surface area contributed by atoms with Crippen LogP contribution in [0.3, 0.4) is 0 Å². The van der Waals surface area contributed by atoms with Gasteiger partial charge in [-0.15, -0.1) is 0 Å². The molecule has 3 rings (SSSR count). The fraction of sp³-hybridized carbons (Fsp3) is 0.333. The number of ether oxygens (including phenoxy) is 1. The number of carbonyl (C=O) groups is 2. The number of halogens is 1. The Labute approximate surface area is 219 Å². The zero-order valence-electron chi connectivity index (χ0n) is 21.7. The maximum atomic E-state index is 13.7. The summed E-state index contributed by atoms with van der Waals surface area (Å²) in [5.41, 5.74) is 4.88. The van der Waals surface area contributed by atoms with Crippen molar-refractivity contribution in [3.63, 3.8) is 0 Å². The molecule has 5 nitrogen and oxygen atoms in total. The molecular weight excluding hydrogens is 472 g/mol. The Bertz CT molecular complexity index is 1190. The number of benzene rings is 3. The Morgan fingerprint density at radius 1 is 0.972 bits per heavy atom. The lowest BCUT2D eigenvalue weighted by molar-refractivity contribution is -0.143. The Morgan fingerprint density at radius 3 is 2.31 bits per heavy atom. The minimum atomic E-state index is -0.734. The second-order valence-corrected chi connectivity index (χ2v) is 9.88. The number of hydrogen-bond donors (Lipinski definition) is 1. The molecule has 0 aromatic heterocycles. The summed E-state index contributed by atoms with van der Waals surface area (Å²) in [6, 6.07) is 20.3. The Morgan fingerprint density at radius 2 is 1.64 bits per heavy atom. The van der Waals surface area contributed by atoms with Crippen molar-refractivity contribution in [2.24, 2.45) is 0 Å². The first-order chi connectivity index (χ1) is 17.2. The van der Waals surface area contributed by atoms with Crippen LogP contribution < -0.4 is 10.1 Å². The van der Waals surface area contributed by atoms with E-state index in [2.05, 4.69) is 11.4 Å². The monoisotopic (exact) mass is 506 g/mol. The molecule has 0 saturated heterocycles. The highest BCUT2D eigenvalue weighted by molar-refractivity contribution is 6.31. The number of amides is 2. The summed E-state index contributed by atoms with van der Waals surface area (Å²) in [5, 5.41) is 3.54. The molecule has 190 valence electrons. The number of carbonyl (C=O) groups excluding carboxylic acids is 2. The van der Waals surface area contributed by atoms with E-state index in [9.17, 15) is 9.59 Å². The lowest BCUT2D eigenvalue weighted by atomic mass is 10.0. The van der Waals surface area contributed by atoms with Crippen molar-refractivity contribution in [3.05, 3.63) is 99.6 Å². The molecule has 36 heavy (non-hydrogen) atoms. The first kappa shape index (κ1) is 27.3. The van der Waals surface area contributed by atoms with E-state index in [1.54, 1.807) is 11.0 Å². The number of nitrogens with one attached hydrogen (secondary N) is 1. The highest BCUT2D eigenvalue weighted by Gasteiger charge is 2.31. The zero-order valence-corrected chi connectivity index (χ0v) is 22.4. The molecule has 0 heterocycles. The summed E-state index contributed by atoms with van der Waals surface area (Å²) in [4.78, 5) is 28.7. The van der Waals surface area contributed by atoms with Crippen LogP contribution in [0.1, 0.15) is 41.7 Å². The van der Waals surface area contributed by atoms with Crippen molar-refractivity contribution in [1.82, 2.24) is 10.2 Å². The van der Waals surface area contributed by atoms with Gasteiger partial charge in [-0.05, 0) is 74.6 Å². The van der Waals surface area contributed by atoms with Crippen molar-refractivity contribution in [2.75, 3.05) is 6.61 Å². The molecule has 0 saturated carbocycles. The van der Waals surface area contributed by atoms with Gasteiger partial charge < -0.3 is 15.0 Å². The van der Waals surface area contributed by atoms with Gasteiger partial charge in [0.15, 0.2) is 6.61 Å². The van der Waals surface area contributed by atoms with Crippen LogP contribution in [0.4, 0.5) is 0 Å². The lowest BCUT2D eigenvalue weighted by Gasteiger charge is -2.32. The molecule has 0 aliphatic heterocycles. The molecule has 6 heteroatoms. The van der Waals surface area contributed by atoms with E-state index >= 15 is 0 Å². The van der Waals surface area contributed by atoms with E-state index in [1.807, 2.05) is 89.2 Å². The number of rotatable bonds is 10. The van der Waals surface area contributed by atoms with Crippen molar-refractivity contribution in [2.45, 2.75) is 59.7 Å². The van der Waals surface area contributed by atoms with Gasteiger partial charge in [0.25, 0.3) is 5.91 Å². The molecule has 1 atom stereocenters. The van der Waals surface area contributed by atoms with Crippen LogP contribution in [-0.2, 0) is 22.6 Å². The molecule has 0 bridgehead atoms. The predicted molar refractivity (Wildman–Crippen MR) is 145 cm³/mol. The van der Waals surface area contributed by atoms with Gasteiger partial charge in [0.05, 0.1) is 0 Å². The van der Waals surface area contributed by atoms with Crippen molar-refractivity contribution in [1.29, 1.82) is 0 Å². The first-order valence-corrected chi connectivity index (χ1v) is 12.6. The average Bonchev–Trinajstić information content (AvgIpc) is 2.83. The topological polar surface area (TPSA) is 58.6 Å². The second kappa shape index (κ2) is 12.6. The maximum absolute atomic E-state index is 13.7. The van der Waals surface area contributed by atoms with Gasteiger partial charge in [-0.3, -0.25) is 9.59 Å². The second-order valence-electron chi connectivity index (χ2n) is 9.48. The van der Waals surface area contributed by atoms with Crippen LogP contribution in [0.25, 0.3) is 0 Å². The Hall–Kier alpha value is -3.31. The van der Waals surface area contributed by atoms with E-state index in [0.29, 0.717) is 17.2 Å². The molecule has 3 aromatic carbocycles. The predicted octanol–water partition coefficient (Wildman–Crippen LogP) is 5.81. The fourth-order valence-corrected chi connectivity index (χ4v) is 4.31. The minimum Gasteiger partial charge on any atom is -0.483 e. The van der Waals surface area contributed by atoms with E-state index in [4.69, 9.17) is 16.3 Å². The molecule has 0 unspecified atom stereocenters. The average molecular weight is 507 g/mol. The smallest absolute Gasteiger partial charge is 0.261 e. The third-order valence-electron chi connectivity index (χ3n) is 6.12. The quantitative estimate of drug-likeness (QED) is 0.377. The summed E-state index contributed by atoms with van der Waals surface area (Å²) in [7, 11) is 0. The Kier molecular flexibility index (Phi) is 9.54. The molecule has 1 N–H and O–H groups in total. The van der Waals surface area contributed by atoms with Gasteiger partial charge in [0.1, 0.15) is 11.8 Å². The highest BCUT2D eigenvalue weighted by atomic mass is 35.5. The number of nitrogens with zero attached hydrogens (tertiary/aromatic N) is 1. The summed E-state index contributed by atoms with van der Waals surface area (Å²) < 4.78 is 6.01. The summed E-state index contributed by atoms with van der Waals surface area (Å²) >= 11 is 6.46. The lowest BCUT2D eigenvalue weighted by Crippen LogP contribution is -2.52. The SMILES string of the molecule is Cc1cc(C)c(C)c(OCC(=O)N(Cc2ccccc2Cl)[C@H](Cc2ccccc2)C(=O)NC(C)C)c1. The van der Waals surface area contributed by atoms with E-state index in [-0.39, 0.29) is 31.0 Å². The van der Waals surface area contributed by atoms with Gasteiger partial charge in [0, 0.05) is 24.0 Å². The molecule has 2 amide bonds. The van der Waals surface area contributed by atoms with Gasteiger partial charge in [-0.25, -0.2) is 0 Å². The number of aryl methyl sites for hydroxylation is 2. The van der Waals surface area contributed by atoms with Crippen LogP contribution in [0.2, 0.25) is 5.02 Å². The van der Waals surface area contributed by atoms with Crippen molar-refractivity contribution >= 4 is 23.4 Å². The van der Waals surface area contributed by atoms with Crippen molar-refractivity contribution < 1.29 is 14.3 Å². The fourth-order valence-electron chi connectivity index (χ4n) is 4.12. The van der Waals surface area contributed by atoms with E-state index in [1.165, 1.54) is 0 Å².